The molecule has 2 aromatic rings. The van der Waals surface area contributed by atoms with Crippen LogP contribution in [0.3, 0.4) is 0 Å². The summed E-state index contributed by atoms with van der Waals surface area (Å²) in [6.07, 6.45) is 0.293. The fourth-order valence-electron chi connectivity index (χ4n) is 2.43. The zero-order valence-electron chi connectivity index (χ0n) is 14.0. The van der Waals surface area contributed by atoms with Crippen LogP contribution >= 0.6 is 11.3 Å². The molecular weight excluding hydrogens is 326 g/mol. The van der Waals surface area contributed by atoms with Gasteiger partial charge in [-0.2, -0.15) is 0 Å². The lowest BCUT2D eigenvalue weighted by molar-refractivity contribution is -0.141. The Labute approximate surface area is 145 Å². The van der Waals surface area contributed by atoms with Crippen molar-refractivity contribution in [3.63, 3.8) is 0 Å². The first-order valence-corrected chi connectivity index (χ1v) is 8.49. The summed E-state index contributed by atoms with van der Waals surface area (Å²) in [5, 5.41) is 14.0. The molecule has 1 amide bonds. The van der Waals surface area contributed by atoms with E-state index in [9.17, 15) is 14.7 Å². The minimum Gasteiger partial charge on any atom is -0.496 e. The second kappa shape index (κ2) is 7.97. The van der Waals surface area contributed by atoms with Crippen molar-refractivity contribution in [3.05, 3.63) is 51.2 Å². The van der Waals surface area contributed by atoms with Gasteiger partial charge in [-0.1, -0.05) is 18.2 Å². The molecule has 6 heteroatoms. The van der Waals surface area contributed by atoms with Crippen molar-refractivity contribution in [2.24, 2.45) is 5.92 Å². The van der Waals surface area contributed by atoms with Gasteiger partial charge >= 0.3 is 5.97 Å². The number of carboxylic acids is 1. The van der Waals surface area contributed by atoms with Crippen molar-refractivity contribution in [3.8, 4) is 5.75 Å². The monoisotopic (exact) mass is 347 g/mol. The fourth-order valence-corrected chi connectivity index (χ4v) is 3.30. The van der Waals surface area contributed by atoms with E-state index >= 15 is 0 Å². The number of carbonyl (C=O) groups excluding carboxylic acids is 1. The third-order valence-corrected chi connectivity index (χ3v) is 5.06. The summed E-state index contributed by atoms with van der Waals surface area (Å²) in [6.45, 7) is 3.92. The van der Waals surface area contributed by atoms with Crippen LogP contribution in [0.2, 0.25) is 0 Å². The molecule has 0 aliphatic carbocycles. The van der Waals surface area contributed by atoms with E-state index in [0.29, 0.717) is 17.7 Å². The number of para-hydroxylation sites is 1. The number of amides is 1. The van der Waals surface area contributed by atoms with Crippen LogP contribution in [-0.2, 0) is 11.2 Å². The maximum absolute atomic E-state index is 12.3. The summed E-state index contributed by atoms with van der Waals surface area (Å²) in [5.74, 6) is -1.24. The standard InChI is InChI=1S/C18H21NO4S/c1-11-12(2)24-10-15(11)17(20)19-9-14(18(21)22)8-13-6-4-5-7-16(13)23-3/h4-7,10,14H,8-9H2,1-3H3,(H,19,20)(H,21,22). The van der Waals surface area contributed by atoms with Gasteiger partial charge in [0.25, 0.3) is 5.91 Å². The zero-order valence-corrected chi connectivity index (χ0v) is 14.8. The Kier molecular flexibility index (Phi) is 5.98. The third kappa shape index (κ3) is 4.14. The van der Waals surface area contributed by atoms with Crippen LogP contribution < -0.4 is 10.1 Å². The van der Waals surface area contributed by atoms with Crippen LogP contribution in [0.1, 0.15) is 26.4 Å². The number of hydrogen-bond acceptors (Lipinski definition) is 4. The number of rotatable bonds is 7. The quantitative estimate of drug-likeness (QED) is 0.807. The summed E-state index contributed by atoms with van der Waals surface area (Å²) in [7, 11) is 1.55. The number of carboxylic acid groups (broad SMARTS) is 1. The first-order valence-electron chi connectivity index (χ1n) is 7.61. The highest BCUT2D eigenvalue weighted by atomic mass is 32.1. The van der Waals surface area contributed by atoms with Gasteiger partial charge in [0.1, 0.15) is 5.75 Å². The van der Waals surface area contributed by atoms with Crippen LogP contribution in [0.5, 0.6) is 5.75 Å². The molecule has 24 heavy (non-hydrogen) atoms. The first-order chi connectivity index (χ1) is 11.4. The molecule has 0 fully saturated rings. The topological polar surface area (TPSA) is 75.6 Å². The van der Waals surface area contributed by atoms with Gasteiger partial charge in [-0.25, -0.2) is 0 Å². The van der Waals surface area contributed by atoms with Crippen molar-refractivity contribution >= 4 is 23.2 Å². The average Bonchev–Trinajstić information content (AvgIpc) is 2.90. The van der Waals surface area contributed by atoms with E-state index in [4.69, 9.17) is 4.74 Å². The Morgan fingerprint density at radius 2 is 2.00 bits per heavy atom. The van der Waals surface area contributed by atoms with Gasteiger partial charge in [0.2, 0.25) is 0 Å². The van der Waals surface area contributed by atoms with Gasteiger partial charge in [-0.3, -0.25) is 9.59 Å². The molecule has 128 valence electrons. The highest BCUT2D eigenvalue weighted by Gasteiger charge is 2.22. The summed E-state index contributed by atoms with van der Waals surface area (Å²) in [6, 6.07) is 7.31. The zero-order chi connectivity index (χ0) is 17.7. The fraction of sp³-hybridized carbons (Fsp3) is 0.333. The molecule has 0 bridgehead atoms. The number of hydrogen-bond donors (Lipinski definition) is 2. The van der Waals surface area contributed by atoms with E-state index < -0.39 is 11.9 Å². The largest absolute Gasteiger partial charge is 0.496 e. The number of ether oxygens (including phenoxy) is 1. The Morgan fingerprint density at radius 3 is 2.58 bits per heavy atom. The van der Waals surface area contributed by atoms with E-state index in [1.54, 1.807) is 18.6 Å². The molecule has 2 rings (SSSR count). The normalized spacial score (nSPS) is 11.8. The summed E-state index contributed by atoms with van der Waals surface area (Å²) in [4.78, 5) is 24.9. The Morgan fingerprint density at radius 1 is 1.29 bits per heavy atom. The van der Waals surface area contributed by atoms with Crippen LogP contribution in [0.25, 0.3) is 0 Å². The highest BCUT2D eigenvalue weighted by molar-refractivity contribution is 7.10. The Balaban J connectivity index is 2.05. The molecule has 0 saturated carbocycles. The van der Waals surface area contributed by atoms with Gasteiger partial charge in [0.05, 0.1) is 18.6 Å². The van der Waals surface area contributed by atoms with Gasteiger partial charge < -0.3 is 15.2 Å². The molecule has 5 nitrogen and oxygen atoms in total. The van der Waals surface area contributed by atoms with Crippen LogP contribution in [0.4, 0.5) is 0 Å². The van der Waals surface area contributed by atoms with Crippen molar-refractivity contribution in [1.29, 1.82) is 0 Å². The number of nitrogens with one attached hydrogen (secondary N) is 1. The molecule has 0 spiro atoms. The van der Waals surface area contributed by atoms with Crippen molar-refractivity contribution in [1.82, 2.24) is 5.32 Å². The molecule has 0 aliphatic rings. The Hall–Kier alpha value is -2.34. The maximum atomic E-state index is 12.3. The average molecular weight is 347 g/mol. The second-order valence-corrected chi connectivity index (χ2v) is 6.68. The number of thiophene rings is 1. The molecule has 1 aromatic carbocycles. The molecule has 2 N–H and O–H groups in total. The predicted octanol–water partition coefficient (Wildman–Crippen LogP) is 3.05. The lowest BCUT2D eigenvalue weighted by Crippen LogP contribution is -2.34. The molecule has 1 atom stereocenters. The van der Waals surface area contributed by atoms with Crippen molar-refractivity contribution in [2.45, 2.75) is 20.3 Å². The summed E-state index contributed by atoms with van der Waals surface area (Å²) >= 11 is 1.51. The lowest BCUT2D eigenvalue weighted by Gasteiger charge is -2.15. The van der Waals surface area contributed by atoms with Crippen LogP contribution in [-0.4, -0.2) is 30.6 Å². The number of aliphatic carboxylic acids is 1. The minimum absolute atomic E-state index is 0.0700. The number of methoxy groups -OCH3 is 1. The third-order valence-electron chi connectivity index (χ3n) is 4.05. The molecular formula is C18H21NO4S. The molecule has 1 heterocycles. The minimum atomic E-state index is -0.945. The van der Waals surface area contributed by atoms with Crippen LogP contribution in [0.15, 0.2) is 29.6 Å². The molecule has 0 aliphatic heterocycles. The van der Waals surface area contributed by atoms with E-state index in [1.807, 2.05) is 32.0 Å². The molecule has 1 aromatic heterocycles. The van der Waals surface area contributed by atoms with E-state index in [1.165, 1.54) is 11.3 Å². The lowest BCUT2D eigenvalue weighted by atomic mass is 9.98. The molecule has 0 radical (unpaired) electrons. The van der Waals surface area contributed by atoms with Crippen LogP contribution in [0, 0.1) is 19.8 Å². The van der Waals surface area contributed by atoms with Crippen molar-refractivity contribution < 1.29 is 19.4 Å². The molecule has 1 unspecified atom stereocenters. The number of aryl methyl sites for hydroxylation is 1. The number of carbonyl (C=O) groups is 2. The predicted molar refractivity (Wildman–Crippen MR) is 94.0 cm³/mol. The smallest absolute Gasteiger partial charge is 0.308 e. The van der Waals surface area contributed by atoms with E-state index in [2.05, 4.69) is 5.32 Å². The molecule has 0 saturated heterocycles. The van der Waals surface area contributed by atoms with Gasteiger partial charge in [-0.15, -0.1) is 11.3 Å². The van der Waals surface area contributed by atoms with Crippen molar-refractivity contribution in [2.75, 3.05) is 13.7 Å². The van der Waals surface area contributed by atoms with E-state index in [-0.39, 0.29) is 12.5 Å². The maximum Gasteiger partial charge on any atom is 0.308 e. The van der Waals surface area contributed by atoms with E-state index in [0.717, 1.165) is 16.0 Å². The summed E-state index contributed by atoms with van der Waals surface area (Å²) < 4.78 is 5.26. The SMILES string of the molecule is COc1ccccc1CC(CNC(=O)c1csc(C)c1C)C(=O)O. The van der Waals surface area contributed by atoms with Gasteiger partial charge in [0.15, 0.2) is 0 Å². The number of benzene rings is 1. The first kappa shape index (κ1) is 18.0. The highest BCUT2D eigenvalue weighted by Crippen LogP contribution is 2.22. The van der Waals surface area contributed by atoms with Gasteiger partial charge in [-0.05, 0) is 37.5 Å². The second-order valence-electron chi connectivity index (χ2n) is 5.59. The van der Waals surface area contributed by atoms with Gasteiger partial charge in [0, 0.05) is 16.8 Å². The Bertz CT molecular complexity index is 738. The summed E-state index contributed by atoms with van der Waals surface area (Å²) in [5.41, 5.74) is 2.36.